The first kappa shape index (κ1) is 19.8. The van der Waals surface area contributed by atoms with Crippen LogP contribution in [0.15, 0.2) is 54.6 Å². The van der Waals surface area contributed by atoms with Crippen molar-refractivity contribution in [1.82, 2.24) is 0 Å². The molecular formula is C20H23NO4S. The van der Waals surface area contributed by atoms with Crippen molar-refractivity contribution in [2.75, 3.05) is 12.1 Å². The Morgan fingerprint density at radius 2 is 1.65 bits per heavy atom. The fourth-order valence-corrected chi connectivity index (χ4v) is 2.55. The Morgan fingerprint density at radius 3 is 2.27 bits per heavy atom. The van der Waals surface area contributed by atoms with Gasteiger partial charge < -0.3 is 14.8 Å². The Balaban J connectivity index is 1.73. The summed E-state index contributed by atoms with van der Waals surface area (Å²) in [5, 5.41) is 2.72. The second-order valence-corrected chi connectivity index (χ2v) is 7.60. The molecule has 0 aliphatic carbocycles. The fourth-order valence-electron chi connectivity index (χ4n) is 1.87. The van der Waals surface area contributed by atoms with E-state index in [0.717, 1.165) is 11.3 Å². The molecule has 0 aliphatic rings. The molecule has 0 unspecified atom stereocenters. The lowest BCUT2D eigenvalue weighted by atomic mass is 9.98. The largest absolute Gasteiger partial charge is 0.457 e. The van der Waals surface area contributed by atoms with Crippen LogP contribution in [0.4, 0.5) is 10.5 Å². The van der Waals surface area contributed by atoms with Crippen LogP contribution in [0.1, 0.15) is 26.3 Å². The molecule has 2 aromatic rings. The summed E-state index contributed by atoms with van der Waals surface area (Å²) in [4.78, 5) is 23.6. The van der Waals surface area contributed by atoms with Crippen molar-refractivity contribution in [1.29, 1.82) is 0 Å². The first-order valence-corrected chi connectivity index (χ1v) is 9.21. The molecule has 0 atom stereocenters. The number of para-hydroxylation sites is 1. The van der Waals surface area contributed by atoms with Crippen LogP contribution in [-0.2, 0) is 15.3 Å². The van der Waals surface area contributed by atoms with E-state index in [1.165, 1.54) is 11.8 Å². The lowest BCUT2D eigenvalue weighted by Gasteiger charge is -2.16. The molecule has 0 aliphatic heterocycles. The van der Waals surface area contributed by atoms with Crippen molar-refractivity contribution >= 4 is 28.7 Å². The molecule has 1 amide bonds. The number of anilines is 1. The Bertz CT molecular complexity index is 724. The number of amides is 1. The highest BCUT2D eigenvalue weighted by Gasteiger charge is 2.22. The molecule has 5 nitrogen and oxygen atoms in total. The molecule has 0 saturated heterocycles. The molecule has 1 N–H and O–H groups in total. The Labute approximate surface area is 158 Å². The van der Waals surface area contributed by atoms with Crippen LogP contribution < -0.4 is 10.1 Å². The third kappa shape index (κ3) is 6.80. The van der Waals surface area contributed by atoms with Gasteiger partial charge in [0.15, 0.2) is 0 Å². The van der Waals surface area contributed by atoms with Crippen molar-refractivity contribution in [3.05, 3.63) is 60.2 Å². The molecule has 26 heavy (non-hydrogen) atoms. The quantitative estimate of drug-likeness (QED) is 0.565. The number of esters is 1. The summed E-state index contributed by atoms with van der Waals surface area (Å²) in [6.07, 6.45) is 0. The summed E-state index contributed by atoms with van der Waals surface area (Å²) in [6.45, 7) is 5.24. The van der Waals surface area contributed by atoms with E-state index in [4.69, 9.17) is 9.47 Å². The zero-order valence-corrected chi connectivity index (χ0v) is 16.0. The molecule has 0 spiro atoms. The number of carbonyl (C=O) groups excluding carboxylic acids is 2. The monoisotopic (exact) mass is 373 g/mol. The summed E-state index contributed by atoms with van der Waals surface area (Å²) >= 11 is 1.19. The minimum atomic E-state index is -0.551. The van der Waals surface area contributed by atoms with Crippen LogP contribution in [-0.4, -0.2) is 18.0 Å². The lowest BCUT2D eigenvalue weighted by Crippen LogP contribution is -2.24. The van der Waals surface area contributed by atoms with Gasteiger partial charge in [-0.25, -0.2) is 0 Å². The van der Waals surface area contributed by atoms with Crippen molar-refractivity contribution in [3.8, 4) is 5.75 Å². The van der Waals surface area contributed by atoms with Crippen LogP contribution in [0.25, 0.3) is 0 Å². The highest BCUT2D eigenvalue weighted by atomic mass is 32.2. The summed E-state index contributed by atoms with van der Waals surface area (Å²) in [6, 6.07) is 16.7. The van der Waals surface area contributed by atoms with Gasteiger partial charge in [0.25, 0.3) is 5.24 Å². The van der Waals surface area contributed by atoms with E-state index >= 15 is 0 Å². The lowest BCUT2D eigenvalue weighted by molar-refractivity contribution is -0.159. The first-order valence-electron chi connectivity index (χ1n) is 8.22. The maximum Gasteiger partial charge on any atom is 0.314 e. The van der Waals surface area contributed by atoms with Gasteiger partial charge in [0.2, 0.25) is 6.79 Å². The predicted molar refractivity (Wildman–Crippen MR) is 104 cm³/mol. The van der Waals surface area contributed by atoms with Crippen molar-refractivity contribution in [3.63, 3.8) is 0 Å². The Hall–Kier alpha value is -2.47. The number of carbonyl (C=O) groups is 2. The Morgan fingerprint density at radius 1 is 1.00 bits per heavy atom. The molecule has 0 radical (unpaired) electrons. The third-order valence-corrected chi connectivity index (χ3v) is 4.18. The van der Waals surface area contributed by atoms with E-state index in [0.29, 0.717) is 11.5 Å². The summed E-state index contributed by atoms with van der Waals surface area (Å²) in [5.41, 5.74) is 1.22. The number of benzene rings is 2. The molecule has 0 heterocycles. The average Bonchev–Trinajstić information content (AvgIpc) is 2.61. The number of rotatable bonds is 6. The topological polar surface area (TPSA) is 64.6 Å². The SMILES string of the molecule is CC(C)(C)C(=O)OCOc1ccc(CSC(=O)Nc2ccccc2)cc1. The van der Waals surface area contributed by atoms with Gasteiger partial charge in [-0.1, -0.05) is 42.1 Å². The summed E-state index contributed by atoms with van der Waals surface area (Å²) in [5.74, 6) is 0.849. The van der Waals surface area contributed by atoms with Gasteiger partial charge >= 0.3 is 5.97 Å². The van der Waals surface area contributed by atoms with Gasteiger partial charge in [-0.15, -0.1) is 0 Å². The van der Waals surface area contributed by atoms with Gasteiger partial charge in [-0.2, -0.15) is 0 Å². The zero-order chi connectivity index (χ0) is 19.0. The van der Waals surface area contributed by atoms with E-state index in [1.807, 2.05) is 42.5 Å². The second kappa shape index (κ2) is 9.29. The van der Waals surface area contributed by atoms with E-state index in [1.54, 1.807) is 32.9 Å². The third-order valence-electron chi connectivity index (χ3n) is 3.34. The molecule has 0 fully saturated rings. The smallest absolute Gasteiger partial charge is 0.314 e. The van der Waals surface area contributed by atoms with Crippen molar-refractivity contribution < 1.29 is 19.1 Å². The number of hydrogen-bond donors (Lipinski definition) is 1. The zero-order valence-electron chi connectivity index (χ0n) is 15.2. The molecule has 0 bridgehead atoms. The van der Waals surface area contributed by atoms with E-state index in [2.05, 4.69) is 5.32 Å². The van der Waals surface area contributed by atoms with Gasteiger partial charge in [0.05, 0.1) is 5.41 Å². The Kier molecular flexibility index (Phi) is 7.09. The van der Waals surface area contributed by atoms with Crippen LogP contribution in [0, 0.1) is 5.41 Å². The van der Waals surface area contributed by atoms with Crippen LogP contribution >= 0.6 is 11.8 Å². The number of hydrogen-bond acceptors (Lipinski definition) is 5. The molecule has 2 aromatic carbocycles. The maximum atomic E-state index is 11.9. The van der Waals surface area contributed by atoms with Crippen LogP contribution in [0.5, 0.6) is 5.75 Å². The van der Waals surface area contributed by atoms with Gasteiger partial charge in [-0.3, -0.25) is 9.59 Å². The first-order chi connectivity index (χ1) is 12.3. The molecular weight excluding hydrogens is 350 g/mol. The predicted octanol–water partition coefficient (Wildman–Crippen LogP) is 5.08. The standard InChI is InChI=1S/C20H23NO4S/c1-20(2,3)18(22)25-14-24-17-11-9-15(10-12-17)13-26-19(23)21-16-7-5-4-6-8-16/h4-12H,13-14H2,1-3H3,(H,21,23). The van der Waals surface area contributed by atoms with E-state index in [9.17, 15) is 9.59 Å². The van der Waals surface area contributed by atoms with Gasteiger partial charge in [-0.05, 0) is 50.6 Å². The number of nitrogens with one attached hydrogen (secondary N) is 1. The highest BCUT2D eigenvalue weighted by Crippen LogP contribution is 2.20. The average molecular weight is 373 g/mol. The second-order valence-electron chi connectivity index (χ2n) is 6.66. The van der Waals surface area contributed by atoms with Crippen LogP contribution in [0.3, 0.4) is 0 Å². The minimum Gasteiger partial charge on any atom is -0.457 e. The van der Waals surface area contributed by atoms with E-state index < -0.39 is 5.41 Å². The normalized spacial score (nSPS) is 10.9. The van der Waals surface area contributed by atoms with Crippen molar-refractivity contribution in [2.24, 2.45) is 5.41 Å². The van der Waals surface area contributed by atoms with Gasteiger partial charge in [0, 0.05) is 11.4 Å². The molecule has 0 aromatic heterocycles. The minimum absolute atomic E-state index is 0.106. The summed E-state index contributed by atoms with van der Waals surface area (Å²) in [7, 11) is 0. The summed E-state index contributed by atoms with van der Waals surface area (Å²) < 4.78 is 10.5. The molecule has 2 rings (SSSR count). The molecule has 138 valence electrons. The number of thioether (sulfide) groups is 1. The van der Waals surface area contributed by atoms with Crippen molar-refractivity contribution in [2.45, 2.75) is 26.5 Å². The molecule has 0 saturated carbocycles. The highest BCUT2D eigenvalue weighted by molar-refractivity contribution is 8.13. The van der Waals surface area contributed by atoms with Crippen LogP contribution in [0.2, 0.25) is 0 Å². The van der Waals surface area contributed by atoms with Gasteiger partial charge in [0.1, 0.15) is 5.75 Å². The number of ether oxygens (including phenoxy) is 2. The molecule has 6 heteroatoms. The van der Waals surface area contributed by atoms with E-state index in [-0.39, 0.29) is 18.0 Å². The fraction of sp³-hybridized carbons (Fsp3) is 0.300. The maximum absolute atomic E-state index is 11.9.